The predicted octanol–water partition coefficient (Wildman–Crippen LogP) is 5.12. The number of hydrogen-bond acceptors (Lipinski definition) is 2. The molecule has 0 saturated heterocycles. The Bertz CT molecular complexity index is 944. The van der Waals surface area contributed by atoms with Gasteiger partial charge in [-0.15, -0.1) is 0 Å². The quantitative estimate of drug-likeness (QED) is 0.677. The summed E-state index contributed by atoms with van der Waals surface area (Å²) >= 11 is 0. The summed E-state index contributed by atoms with van der Waals surface area (Å²) in [6.45, 7) is 10.4. The third-order valence-corrected chi connectivity index (χ3v) is 6.24. The van der Waals surface area contributed by atoms with E-state index in [1.807, 2.05) is 0 Å². The van der Waals surface area contributed by atoms with Crippen LogP contribution in [0.1, 0.15) is 55.5 Å². The molecule has 0 aliphatic carbocycles. The lowest BCUT2D eigenvalue weighted by molar-refractivity contribution is -0.137. The summed E-state index contributed by atoms with van der Waals surface area (Å²) in [5.41, 5.74) is 3.28. The molecule has 0 aromatic heterocycles. The Balaban J connectivity index is 2.64. The second-order valence-corrected chi connectivity index (χ2v) is 10.3. The molecule has 2 N–H and O–H groups in total. The van der Waals surface area contributed by atoms with Crippen LogP contribution in [0.3, 0.4) is 0 Å². The molecule has 0 spiro atoms. The molecule has 4 nitrogen and oxygen atoms in total. The number of halogens is 2. The maximum absolute atomic E-state index is 15.0. The Morgan fingerprint density at radius 1 is 1.07 bits per heavy atom. The summed E-state index contributed by atoms with van der Waals surface area (Å²) < 4.78 is 43.4. The van der Waals surface area contributed by atoms with Gasteiger partial charge < -0.3 is 5.11 Å². The van der Waals surface area contributed by atoms with Crippen LogP contribution in [0.4, 0.5) is 8.78 Å². The zero-order valence-electron chi connectivity index (χ0n) is 17.5. The van der Waals surface area contributed by atoms with Gasteiger partial charge in [-0.05, 0) is 93.6 Å². The molecule has 0 amide bonds. The smallest absolute Gasteiger partial charge is 0.305 e. The van der Waals surface area contributed by atoms with Crippen molar-refractivity contribution in [2.75, 3.05) is 0 Å². The van der Waals surface area contributed by atoms with Gasteiger partial charge in [-0.2, -0.15) is 0 Å². The van der Waals surface area contributed by atoms with Gasteiger partial charge in [0.25, 0.3) is 0 Å². The van der Waals surface area contributed by atoms with Crippen molar-refractivity contribution < 1.29 is 22.9 Å². The van der Waals surface area contributed by atoms with Crippen molar-refractivity contribution in [1.82, 2.24) is 4.72 Å². The van der Waals surface area contributed by atoms with Gasteiger partial charge in [-0.1, -0.05) is 0 Å². The van der Waals surface area contributed by atoms with Crippen molar-refractivity contribution in [3.63, 3.8) is 0 Å². The largest absolute Gasteiger partial charge is 0.481 e. The van der Waals surface area contributed by atoms with E-state index in [0.29, 0.717) is 22.3 Å². The molecule has 7 heteroatoms. The number of rotatable bonds is 6. The SMILES string of the molecule is Cc1cc(-c2c(C)cc(F)cc2C)cc([C@H](CC(=O)O)NS(=O)C(C)(C)C)c1F. The van der Waals surface area contributed by atoms with Gasteiger partial charge in [0.15, 0.2) is 0 Å². The van der Waals surface area contributed by atoms with Gasteiger partial charge in [0.05, 0.1) is 28.2 Å². The van der Waals surface area contributed by atoms with Crippen molar-refractivity contribution >= 4 is 17.0 Å². The van der Waals surface area contributed by atoms with Crippen LogP contribution in [-0.4, -0.2) is 20.0 Å². The van der Waals surface area contributed by atoms with E-state index in [1.54, 1.807) is 53.7 Å². The molecule has 0 aliphatic rings. The van der Waals surface area contributed by atoms with Gasteiger partial charge in [0, 0.05) is 5.56 Å². The normalized spacial score (nSPS) is 13.9. The number of aliphatic carboxylic acids is 1. The minimum atomic E-state index is -1.59. The fourth-order valence-electron chi connectivity index (χ4n) is 3.26. The highest BCUT2D eigenvalue weighted by atomic mass is 32.2. The molecule has 29 heavy (non-hydrogen) atoms. The number of carbonyl (C=O) groups is 1. The summed E-state index contributed by atoms with van der Waals surface area (Å²) in [7, 11) is -1.59. The predicted molar refractivity (Wildman–Crippen MR) is 112 cm³/mol. The topological polar surface area (TPSA) is 66.4 Å². The summed E-state index contributed by atoms with van der Waals surface area (Å²) in [5.74, 6) is -2.03. The lowest BCUT2D eigenvalue weighted by Crippen LogP contribution is -2.37. The first-order chi connectivity index (χ1) is 13.3. The second kappa shape index (κ2) is 8.71. The summed E-state index contributed by atoms with van der Waals surface area (Å²) in [5, 5.41) is 9.32. The first kappa shape index (κ1) is 23.2. The van der Waals surface area contributed by atoms with E-state index in [0.717, 1.165) is 5.56 Å². The number of benzene rings is 2. The van der Waals surface area contributed by atoms with Crippen molar-refractivity contribution in [2.45, 2.75) is 58.8 Å². The Kier molecular flexibility index (Phi) is 6.96. The molecule has 2 atom stereocenters. The Labute approximate surface area is 172 Å². The average Bonchev–Trinajstić information content (AvgIpc) is 2.54. The van der Waals surface area contributed by atoms with E-state index >= 15 is 4.39 Å². The number of aryl methyl sites for hydroxylation is 3. The van der Waals surface area contributed by atoms with Crippen molar-refractivity contribution in [3.05, 3.63) is 58.2 Å². The van der Waals surface area contributed by atoms with Crippen LogP contribution in [0.5, 0.6) is 0 Å². The third kappa shape index (κ3) is 5.48. The summed E-state index contributed by atoms with van der Waals surface area (Å²) in [6.07, 6.45) is -0.428. The Morgan fingerprint density at radius 2 is 1.62 bits per heavy atom. The highest BCUT2D eigenvalue weighted by molar-refractivity contribution is 7.84. The molecule has 158 valence electrons. The summed E-state index contributed by atoms with van der Waals surface area (Å²) in [4.78, 5) is 11.4. The average molecular weight is 424 g/mol. The van der Waals surface area contributed by atoms with Gasteiger partial charge in [0.1, 0.15) is 11.6 Å². The van der Waals surface area contributed by atoms with Crippen LogP contribution >= 0.6 is 0 Å². The fourth-order valence-corrected chi connectivity index (χ4v) is 4.08. The lowest BCUT2D eigenvalue weighted by Gasteiger charge is -2.25. The van der Waals surface area contributed by atoms with Crippen LogP contribution in [0.25, 0.3) is 11.1 Å². The Morgan fingerprint density at radius 3 is 2.10 bits per heavy atom. The highest BCUT2D eigenvalue weighted by Crippen LogP contribution is 2.34. The van der Waals surface area contributed by atoms with Crippen molar-refractivity contribution in [3.8, 4) is 11.1 Å². The third-order valence-electron chi connectivity index (χ3n) is 4.63. The fraction of sp³-hybridized carbons (Fsp3) is 0.409. The lowest BCUT2D eigenvalue weighted by atomic mass is 9.90. The number of hydrogen-bond donors (Lipinski definition) is 2. The molecule has 2 rings (SSSR count). The molecule has 0 heterocycles. The molecule has 2 aromatic rings. The number of carboxylic acid groups (broad SMARTS) is 1. The minimum Gasteiger partial charge on any atom is -0.481 e. The van der Waals surface area contributed by atoms with Gasteiger partial charge in [0.2, 0.25) is 0 Å². The first-order valence-corrected chi connectivity index (χ1v) is 10.4. The molecule has 0 bridgehead atoms. The zero-order chi connectivity index (χ0) is 22.1. The van der Waals surface area contributed by atoms with E-state index < -0.39 is 40.0 Å². The Hall–Kier alpha value is -2.12. The highest BCUT2D eigenvalue weighted by Gasteiger charge is 2.28. The molecular formula is C22H27F2NO3S. The van der Waals surface area contributed by atoms with Crippen LogP contribution in [0, 0.1) is 32.4 Å². The summed E-state index contributed by atoms with van der Waals surface area (Å²) in [6, 6.07) is 5.05. The minimum absolute atomic E-state index is 0.128. The second-order valence-electron chi connectivity index (χ2n) is 8.26. The van der Waals surface area contributed by atoms with Crippen molar-refractivity contribution in [1.29, 1.82) is 0 Å². The van der Waals surface area contributed by atoms with E-state index in [4.69, 9.17) is 0 Å². The van der Waals surface area contributed by atoms with Crippen LogP contribution in [-0.2, 0) is 15.8 Å². The molecular weight excluding hydrogens is 396 g/mol. The molecule has 2 aromatic carbocycles. The van der Waals surface area contributed by atoms with E-state index in [9.17, 15) is 18.5 Å². The number of nitrogens with one attached hydrogen (secondary N) is 1. The van der Waals surface area contributed by atoms with Crippen LogP contribution in [0.2, 0.25) is 0 Å². The van der Waals surface area contributed by atoms with E-state index in [-0.39, 0.29) is 11.4 Å². The maximum Gasteiger partial charge on any atom is 0.305 e. The monoisotopic (exact) mass is 423 g/mol. The van der Waals surface area contributed by atoms with Crippen molar-refractivity contribution in [2.24, 2.45) is 0 Å². The van der Waals surface area contributed by atoms with Crippen LogP contribution in [0.15, 0.2) is 24.3 Å². The molecule has 1 unspecified atom stereocenters. The number of carboxylic acids is 1. The standard InChI is InChI=1S/C22H27F2NO3S/c1-12-8-16(23)9-13(2)20(12)15-7-14(3)21(24)17(10-15)18(11-19(26)27)25-29(28)22(4,5)6/h7-10,18,25H,11H2,1-6H3,(H,26,27)/t18-,29?/m0/s1. The first-order valence-electron chi connectivity index (χ1n) is 9.28. The molecule has 0 saturated carbocycles. The van der Waals surface area contributed by atoms with Gasteiger partial charge in [-0.25, -0.2) is 17.7 Å². The maximum atomic E-state index is 15.0. The van der Waals surface area contributed by atoms with E-state index in [2.05, 4.69) is 4.72 Å². The van der Waals surface area contributed by atoms with Gasteiger partial charge >= 0.3 is 5.97 Å². The zero-order valence-corrected chi connectivity index (χ0v) is 18.3. The molecule has 0 radical (unpaired) electrons. The van der Waals surface area contributed by atoms with Gasteiger partial charge in [-0.3, -0.25) is 4.79 Å². The molecule has 0 fully saturated rings. The van der Waals surface area contributed by atoms with E-state index in [1.165, 1.54) is 12.1 Å². The van der Waals surface area contributed by atoms with Crippen LogP contribution < -0.4 is 4.72 Å². The molecule has 0 aliphatic heterocycles.